The van der Waals surface area contributed by atoms with Gasteiger partial charge < -0.3 is 10.3 Å². The molecule has 3 aromatic rings. The number of amides is 1. The lowest BCUT2D eigenvalue weighted by molar-refractivity contribution is -0.118. The number of nitrogens with zero attached hydrogens (tertiary/aromatic N) is 1. The molecule has 3 rings (SSSR count). The maximum Gasteiger partial charge on any atom is 0.226 e. The predicted octanol–water partition coefficient (Wildman–Crippen LogP) is 4.90. The van der Waals surface area contributed by atoms with Gasteiger partial charge in [0.1, 0.15) is 5.82 Å². The molecule has 0 aliphatic heterocycles. The first-order valence-electron chi connectivity index (χ1n) is 7.10. The molecular formula is C17H17Cl2N3O. The van der Waals surface area contributed by atoms with E-state index in [1.807, 2.05) is 50.2 Å². The molecule has 1 aromatic heterocycles. The second-order valence-corrected chi connectivity index (χ2v) is 5.85. The first-order valence-corrected chi connectivity index (χ1v) is 7.48. The third kappa shape index (κ3) is 3.66. The van der Waals surface area contributed by atoms with Crippen molar-refractivity contribution in [1.29, 1.82) is 0 Å². The Morgan fingerprint density at radius 3 is 2.65 bits per heavy atom. The summed E-state index contributed by atoms with van der Waals surface area (Å²) in [6, 6.07) is 13.3. The van der Waals surface area contributed by atoms with Gasteiger partial charge in [0.15, 0.2) is 0 Å². The van der Waals surface area contributed by atoms with Crippen molar-refractivity contribution in [3.8, 4) is 11.4 Å². The van der Waals surface area contributed by atoms with Crippen LogP contribution in [0, 0.1) is 5.92 Å². The molecule has 6 heteroatoms. The largest absolute Gasteiger partial charge is 0.338 e. The van der Waals surface area contributed by atoms with Crippen LogP contribution >= 0.6 is 24.0 Å². The van der Waals surface area contributed by atoms with Crippen LogP contribution in [0.5, 0.6) is 0 Å². The summed E-state index contributed by atoms with van der Waals surface area (Å²) in [4.78, 5) is 19.7. The number of aromatic amines is 1. The van der Waals surface area contributed by atoms with Crippen molar-refractivity contribution in [2.24, 2.45) is 5.92 Å². The van der Waals surface area contributed by atoms with E-state index in [9.17, 15) is 4.79 Å². The Bertz CT molecular complexity index is 810. The van der Waals surface area contributed by atoms with E-state index in [2.05, 4.69) is 15.3 Å². The number of fused-ring (bicyclic) bond motifs is 1. The Balaban J connectivity index is 0.00000192. The van der Waals surface area contributed by atoms with Crippen molar-refractivity contribution in [1.82, 2.24) is 9.97 Å². The van der Waals surface area contributed by atoms with Crippen LogP contribution in [0.15, 0.2) is 42.5 Å². The van der Waals surface area contributed by atoms with E-state index in [1.54, 1.807) is 6.07 Å². The first-order chi connectivity index (χ1) is 10.5. The van der Waals surface area contributed by atoms with E-state index in [0.717, 1.165) is 22.4 Å². The number of nitrogens with one attached hydrogen (secondary N) is 2. The van der Waals surface area contributed by atoms with Gasteiger partial charge in [-0.25, -0.2) is 4.98 Å². The molecular weight excluding hydrogens is 333 g/mol. The summed E-state index contributed by atoms with van der Waals surface area (Å²) in [5.41, 5.74) is 3.35. The van der Waals surface area contributed by atoms with Gasteiger partial charge in [0.05, 0.1) is 21.7 Å². The molecule has 0 saturated carbocycles. The number of carbonyl (C=O) groups is 1. The van der Waals surface area contributed by atoms with Crippen molar-refractivity contribution in [3.05, 3.63) is 47.5 Å². The summed E-state index contributed by atoms with van der Waals surface area (Å²) < 4.78 is 0. The third-order valence-electron chi connectivity index (χ3n) is 3.41. The van der Waals surface area contributed by atoms with Gasteiger partial charge in [0.25, 0.3) is 0 Å². The number of para-hydroxylation sites is 2. The quantitative estimate of drug-likeness (QED) is 0.706. The average Bonchev–Trinajstić information content (AvgIpc) is 2.93. The van der Waals surface area contributed by atoms with Gasteiger partial charge in [-0.2, -0.15) is 0 Å². The normalized spacial score (nSPS) is 10.6. The number of benzene rings is 2. The minimum Gasteiger partial charge on any atom is -0.338 e. The lowest BCUT2D eigenvalue weighted by Gasteiger charge is -2.10. The van der Waals surface area contributed by atoms with E-state index in [4.69, 9.17) is 11.6 Å². The van der Waals surface area contributed by atoms with Crippen molar-refractivity contribution in [2.75, 3.05) is 5.32 Å². The summed E-state index contributed by atoms with van der Waals surface area (Å²) >= 11 is 6.17. The van der Waals surface area contributed by atoms with Crippen LogP contribution in [-0.2, 0) is 4.79 Å². The second kappa shape index (κ2) is 7.02. The molecule has 0 aliphatic rings. The highest BCUT2D eigenvalue weighted by atomic mass is 35.5. The molecule has 23 heavy (non-hydrogen) atoms. The highest BCUT2D eigenvalue weighted by Gasteiger charge is 2.12. The third-order valence-corrected chi connectivity index (χ3v) is 3.74. The van der Waals surface area contributed by atoms with Crippen LogP contribution in [0.3, 0.4) is 0 Å². The topological polar surface area (TPSA) is 57.8 Å². The summed E-state index contributed by atoms with van der Waals surface area (Å²) in [6.45, 7) is 3.68. The number of anilines is 1. The summed E-state index contributed by atoms with van der Waals surface area (Å²) in [7, 11) is 0. The molecule has 2 aromatic carbocycles. The highest BCUT2D eigenvalue weighted by Crippen LogP contribution is 2.29. The summed E-state index contributed by atoms with van der Waals surface area (Å²) in [5, 5.41) is 3.35. The average molecular weight is 350 g/mol. The summed E-state index contributed by atoms with van der Waals surface area (Å²) in [5.74, 6) is 0.576. The molecule has 0 unspecified atom stereocenters. The number of imidazole rings is 1. The number of H-pyrrole nitrogens is 1. The number of hydrogen-bond donors (Lipinski definition) is 2. The van der Waals surface area contributed by atoms with Gasteiger partial charge in [-0.05, 0) is 30.3 Å². The van der Waals surface area contributed by atoms with Crippen LogP contribution in [0.2, 0.25) is 5.02 Å². The zero-order valence-electron chi connectivity index (χ0n) is 12.8. The molecule has 0 saturated heterocycles. The van der Waals surface area contributed by atoms with Crippen molar-refractivity contribution in [2.45, 2.75) is 13.8 Å². The zero-order chi connectivity index (χ0) is 15.7. The number of carbonyl (C=O) groups excluding carboxylic acids is 1. The molecule has 1 heterocycles. The van der Waals surface area contributed by atoms with Crippen LogP contribution in [0.4, 0.5) is 5.69 Å². The zero-order valence-corrected chi connectivity index (χ0v) is 14.3. The fourth-order valence-electron chi connectivity index (χ4n) is 2.13. The monoisotopic (exact) mass is 349 g/mol. The van der Waals surface area contributed by atoms with Crippen LogP contribution in [-0.4, -0.2) is 15.9 Å². The Labute approximate surface area is 145 Å². The van der Waals surface area contributed by atoms with Crippen LogP contribution in [0.1, 0.15) is 13.8 Å². The van der Waals surface area contributed by atoms with E-state index in [1.165, 1.54) is 0 Å². The van der Waals surface area contributed by atoms with Crippen molar-refractivity contribution < 1.29 is 4.79 Å². The van der Waals surface area contributed by atoms with E-state index >= 15 is 0 Å². The molecule has 0 spiro atoms. The molecule has 0 fully saturated rings. The predicted molar refractivity (Wildman–Crippen MR) is 97.3 cm³/mol. The minimum absolute atomic E-state index is 0. The van der Waals surface area contributed by atoms with E-state index in [-0.39, 0.29) is 24.2 Å². The molecule has 120 valence electrons. The van der Waals surface area contributed by atoms with Gasteiger partial charge in [-0.15, -0.1) is 12.4 Å². The maximum absolute atomic E-state index is 11.9. The lowest BCUT2D eigenvalue weighted by Crippen LogP contribution is -2.17. The van der Waals surface area contributed by atoms with Gasteiger partial charge >= 0.3 is 0 Å². The molecule has 0 atom stereocenters. The lowest BCUT2D eigenvalue weighted by atomic mass is 10.1. The molecule has 0 bridgehead atoms. The fraction of sp³-hybridized carbons (Fsp3) is 0.176. The Morgan fingerprint density at radius 1 is 1.22 bits per heavy atom. The van der Waals surface area contributed by atoms with Crippen molar-refractivity contribution >= 4 is 46.6 Å². The van der Waals surface area contributed by atoms with Gasteiger partial charge in [0, 0.05) is 11.5 Å². The minimum atomic E-state index is -0.106. The Hall–Kier alpha value is -2.04. The maximum atomic E-state index is 11.9. The number of aromatic nitrogens is 2. The van der Waals surface area contributed by atoms with Crippen LogP contribution in [0.25, 0.3) is 22.4 Å². The fourth-order valence-corrected chi connectivity index (χ4v) is 2.30. The van der Waals surface area contributed by atoms with Gasteiger partial charge in [0.2, 0.25) is 5.91 Å². The molecule has 4 nitrogen and oxygen atoms in total. The molecule has 0 radical (unpaired) electrons. The second-order valence-electron chi connectivity index (χ2n) is 5.44. The van der Waals surface area contributed by atoms with Crippen LogP contribution < -0.4 is 5.32 Å². The van der Waals surface area contributed by atoms with E-state index in [0.29, 0.717) is 10.7 Å². The van der Waals surface area contributed by atoms with Crippen molar-refractivity contribution in [3.63, 3.8) is 0 Å². The molecule has 2 N–H and O–H groups in total. The highest BCUT2D eigenvalue weighted by molar-refractivity contribution is 6.33. The smallest absolute Gasteiger partial charge is 0.226 e. The molecule has 1 amide bonds. The van der Waals surface area contributed by atoms with E-state index < -0.39 is 0 Å². The van der Waals surface area contributed by atoms with Gasteiger partial charge in [-0.1, -0.05) is 37.6 Å². The standard InChI is InChI=1S/C17H16ClN3O.ClH/c1-10(2)17(22)21-15-9-11(7-8-12(15)18)16-19-13-5-3-4-6-14(13)20-16;/h3-10H,1-2H3,(H,19,20)(H,21,22);1H. The number of hydrogen-bond acceptors (Lipinski definition) is 2. The summed E-state index contributed by atoms with van der Waals surface area (Å²) in [6.07, 6.45) is 0. The first kappa shape index (κ1) is 17.3. The number of rotatable bonds is 3. The molecule has 0 aliphatic carbocycles. The Morgan fingerprint density at radius 2 is 1.96 bits per heavy atom. The SMILES string of the molecule is CC(C)C(=O)Nc1cc(-c2nc3ccccc3[nH]2)ccc1Cl.Cl. The number of halogens is 2. The van der Waals surface area contributed by atoms with Gasteiger partial charge in [-0.3, -0.25) is 4.79 Å². The Kier molecular flexibility index (Phi) is 5.29.